The summed E-state index contributed by atoms with van der Waals surface area (Å²) in [5, 5.41) is 0. The first kappa shape index (κ1) is 11.3. The van der Waals surface area contributed by atoms with Crippen molar-refractivity contribution < 1.29 is 0 Å². The van der Waals surface area contributed by atoms with Crippen LogP contribution < -0.4 is 0 Å². The molecule has 11 heavy (non-hydrogen) atoms. The predicted octanol–water partition coefficient (Wildman–Crippen LogP) is 2.47. The lowest BCUT2D eigenvalue weighted by molar-refractivity contribution is 0.299. The summed E-state index contributed by atoms with van der Waals surface area (Å²) >= 11 is 1.95. The Kier molecular flexibility index (Phi) is 8.64. The topological polar surface area (TPSA) is 3.24 Å². The molecule has 0 unspecified atom stereocenters. The van der Waals surface area contributed by atoms with Gasteiger partial charge in [0.1, 0.15) is 0 Å². The predicted molar refractivity (Wildman–Crippen MR) is 55.4 cm³/mol. The molecule has 0 aromatic carbocycles. The van der Waals surface area contributed by atoms with Crippen LogP contribution in [0, 0.1) is 0 Å². The SMILES string of the molecule is CCN(CC)CCCCSC. The molecule has 0 fully saturated rings. The Morgan fingerprint density at radius 2 is 1.73 bits per heavy atom. The first-order valence-electron chi connectivity index (χ1n) is 4.56. The van der Waals surface area contributed by atoms with E-state index in [2.05, 4.69) is 25.0 Å². The van der Waals surface area contributed by atoms with Gasteiger partial charge in [-0.25, -0.2) is 0 Å². The van der Waals surface area contributed by atoms with Crippen molar-refractivity contribution in [1.29, 1.82) is 0 Å². The lowest BCUT2D eigenvalue weighted by Crippen LogP contribution is -2.23. The molecule has 0 spiro atoms. The number of unbranched alkanes of at least 4 members (excludes halogenated alkanes) is 1. The summed E-state index contributed by atoms with van der Waals surface area (Å²) in [6.45, 7) is 8.16. The van der Waals surface area contributed by atoms with Gasteiger partial charge in [0.15, 0.2) is 0 Å². The Labute approximate surface area is 75.5 Å². The average molecular weight is 175 g/mol. The van der Waals surface area contributed by atoms with Gasteiger partial charge in [-0.05, 0) is 44.5 Å². The van der Waals surface area contributed by atoms with Gasteiger partial charge in [0, 0.05) is 0 Å². The highest BCUT2D eigenvalue weighted by Gasteiger charge is 1.96. The average Bonchev–Trinajstić information content (AvgIpc) is 2.05. The molecule has 0 amide bonds. The van der Waals surface area contributed by atoms with Crippen LogP contribution in [0.4, 0.5) is 0 Å². The highest BCUT2D eigenvalue weighted by molar-refractivity contribution is 7.98. The number of hydrogen-bond donors (Lipinski definition) is 0. The van der Waals surface area contributed by atoms with Gasteiger partial charge in [-0.3, -0.25) is 0 Å². The molecule has 0 rings (SSSR count). The largest absolute Gasteiger partial charge is 0.304 e. The minimum absolute atomic E-state index is 1.20. The molecule has 0 atom stereocenters. The Bertz CT molecular complexity index is 72.0. The van der Waals surface area contributed by atoms with Crippen molar-refractivity contribution in [3.63, 3.8) is 0 Å². The molecule has 0 saturated heterocycles. The number of nitrogens with zero attached hydrogens (tertiary/aromatic N) is 1. The van der Waals surface area contributed by atoms with E-state index in [0.717, 1.165) is 0 Å². The van der Waals surface area contributed by atoms with Crippen molar-refractivity contribution in [1.82, 2.24) is 4.90 Å². The maximum absolute atomic E-state index is 2.49. The van der Waals surface area contributed by atoms with Crippen LogP contribution in [-0.4, -0.2) is 36.5 Å². The number of rotatable bonds is 7. The van der Waals surface area contributed by atoms with Crippen LogP contribution in [-0.2, 0) is 0 Å². The molecule has 0 bridgehead atoms. The van der Waals surface area contributed by atoms with Crippen LogP contribution in [0.1, 0.15) is 26.7 Å². The fraction of sp³-hybridized carbons (Fsp3) is 1.00. The van der Waals surface area contributed by atoms with Crippen molar-refractivity contribution in [2.24, 2.45) is 0 Å². The normalized spacial score (nSPS) is 10.9. The highest BCUT2D eigenvalue weighted by Crippen LogP contribution is 2.00. The maximum Gasteiger partial charge on any atom is -0.00187 e. The molecule has 0 aromatic heterocycles. The Morgan fingerprint density at radius 3 is 2.18 bits per heavy atom. The van der Waals surface area contributed by atoms with Gasteiger partial charge in [-0.2, -0.15) is 11.8 Å². The maximum atomic E-state index is 2.49. The molecule has 1 nitrogen and oxygen atoms in total. The lowest BCUT2D eigenvalue weighted by atomic mass is 10.3. The smallest absolute Gasteiger partial charge is 0.00187 e. The molecule has 0 aliphatic heterocycles. The molecule has 0 heterocycles. The third-order valence-corrected chi connectivity index (χ3v) is 2.66. The first-order chi connectivity index (χ1) is 5.35. The third-order valence-electron chi connectivity index (χ3n) is 1.97. The summed E-state index contributed by atoms with van der Waals surface area (Å²) in [6.07, 6.45) is 4.91. The van der Waals surface area contributed by atoms with Crippen molar-refractivity contribution in [2.75, 3.05) is 31.6 Å². The van der Waals surface area contributed by atoms with Crippen molar-refractivity contribution in [3.05, 3.63) is 0 Å². The summed E-state index contributed by atoms with van der Waals surface area (Å²) in [7, 11) is 0. The number of thioether (sulfide) groups is 1. The molecular formula is C9H21NS. The molecule has 68 valence electrons. The molecule has 2 heteroatoms. The zero-order chi connectivity index (χ0) is 8.53. The quantitative estimate of drug-likeness (QED) is 0.547. The summed E-state index contributed by atoms with van der Waals surface area (Å²) in [6, 6.07) is 0. The summed E-state index contributed by atoms with van der Waals surface area (Å²) in [5.41, 5.74) is 0. The van der Waals surface area contributed by atoms with Crippen LogP contribution in [0.3, 0.4) is 0 Å². The molecule has 0 saturated carbocycles. The Morgan fingerprint density at radius 1 is 1.09 bits per heavy atom. The zero-order valence-electron chi connectivity index (χ0n) is 8.10. The van der Waals surface area contributed by atoms with Gasteiger partial charge in [0.25, 0.3) is 0 Å². The van der Waals surface area contributed by atoms with E-state index in [1.807, 2.05) is 11.8 Å². The fourth-order valence-electron chi connectivity index (χ4n) is 1.12. The Hall–Kier alpha value is 0.310. The number of hydrogen-bond acceptors (Lipinski definition) is 2. The second-order valence-electron chi connectivity index (χ2n) is 2.73. The van der Waals surface area contributed by atoms with Gasteiger partial charge in [0.2, 0.25) is 0 Å². The summed E-state index contributed by atoms with van der Waals surface area (Å²) < 4.78 is 0. The van der Waals surface area contributed by atoms with Gasteiger partial charge in [0.05, 0.1) is 0 Å². The van der Waals surface area contributed by atoms with E-state index in [-0.39, 0.29) is 0 Å². The van der Waals surface area contributed by atoms with E-state index in [1.165, 1.54) is 38.2 Å². The summed E-state index contributed by atoms with van der Waals surface area (Å²) in [5.74, 6) is 1.32. The molecule has 0 N–H and O–H groups in total. The molecular weight excluding hydrogens is 154 g/mol. The van der Waals surface area contributed by atoms with Crippen LogP contribution in [0.2, 0.25) is 0 Å². The third kappa shape index (κ3) is 6.70. The van der Waals surface area contributed by atoms with Crippen LogP contribution in [0.5, 0.6) is 0 Å². The van der Waals surface area contributed by atoms with E-state index in [4.69, 9.17) is 0 Å². The lowest BCUT2D eigenvalue weighted by Gasteiger charge is -2.17. The van der Waals surface area contributed by atoms with E-state index < -0.39 is 0 Å². The van der Waals surface area contributed by atoms with Gasteiger partial charge >= 0.3 is 0 Å². The fourth-order valence-corrected chi connectivity index (χ4v) is 1.61. The van der Waals surface area contributed by atoms with Crippen LogP contribution >= 0.6 is 11.8 Å². The molecule has 0 aliphatic carbocycles. The van der Waals surface area contributed by atoms with Gasteiger partial charge in [-0.15, -0.1) is 0 Å². The first-order valence-corrected chi connectivity index (χ1v) is 5.95. The Balaban J connectivity index is 3.07. The second-order valence-corrected chi connectivity index (χ2v) is 3.71. The van der Waals surface area contributed by atoms with Crippen molar-refractivity contribution in [3.8, 4) is 0 Å². The standard InChI is InChI=1S/C9H21NS/c1-4-10(5-2)8-6-7-9-11-3/h4-9H2,1-3H3. The van der Waals surface area contributed by atoms with Crippen molar-refractivity contribution >= 4 is 11.8 Å². The summed E-state index contributed by atoms with van der Waals surface area (Å²) in [4.78, 5) is 2.49. The van der Waals surface area contributed by atoms with Gasteiger partial charge < -0.3 is 4.90 Å². The minimum atomic E-state index is 1.20. The van der Waals surface area contributed by atoms with Crippen molar-refractivity contribution in [2.45, 2.75) is 26.7 Å². The van der Waals surface area contributed by atoms with E-state index >= 15 is 0 Å². The molecule has 0 radical (unpaired) electrons. The second kappa shape index (κ2) is 8.41. The van der Waals surface area contributed by atoms with Crippen LogP contribution in [0.15, 0.2) is 0 Å². The van der Waals surface area contributed by atoms with Crippen LogP contribution in [0.25, 0.3) is 0 Å². The molecule has 0 aromatic rings. The molecule has 0 aliphatic rings. The van der Waals surface area contributed by atoms with E-state index in [9.17, 15) is 0 Å². The highest BCUT2D eigenvalue weighted by atomic mass is 32.2. The minimum Gasteiger partial charge on any atom is -0.304 e. The van der Waals surface area contributed by atoms with Gasteiger partial charge in [-0.1, -0.05) is 13.8 Å². The zero-order valence-corrected chi connectivity index (χ0v) is 8.91. The van der Waals surface area contributed by atoms with E-state index in [0.29, 0.717) is 0 Å². The monoisotopic (exact) mass is 175 g/mol. The van der Waals surface area contributed by atoms with E-state index in [1.54, 1.807) is 0 Å².